The molecule has 1 aromatic heterocycles. The van der Waals surface area contributed by atoms with Gasteiger partial charge in [-0.05, 0) is 43.4 Å². The molecule has 1 aromatic carbocycles. The first-order valence-electron chi connectivity index (χ1n) is 11.8. The van der Waals surface area contributed by atoms with Crippen LogP contribution >= 0.6 is 11.6 Å². The highest BCUT2D eigenvalue weighted by Crippen LogP contribution is 2.44. The van der Waals surface area contributed by atoms with Crippen LogP contribution in [0.4, 0.5) is 10.2 Å². The van der Waals surface area contributed by atoms with Crippen LogP contribution < -0.4 is 15.2 Å². The van der Waals surface area contributed by atoms with Crippen molar-refractivity contribution in [1.82, 2.24) is 9.47 Å². The Hall–Kier alpha value is -3.40. The van der Waals surface area contributed by atoms with E-state index in [9.17, 15) is 28.7 Å². The number of carboxylic acid groups (broad SMARTS) is 1. The highest BCUT2D eigenvalue weighted by molar-refractivity contribution is 6.30. The summed E-state index contributed by atoms with van der Waals surface area (Å²) < 4.78 is 20.3. The molecule has 0 saturated heterocycles. The Morgan fingerprint density at radius 1 is 1.24 bits per heavy atom. The Kier molecular flexibility index (Phi) is 6.39. The number of pyridine rings is 1. The quantitative estimate of drug-likeness (QED) is 0.630. The molecule has 2 amide bonds. The zero-order valence-corrected chi connectivity index (χ0v) is 22.3. The number of fused-ring (bicyclic) bond motifs is 3. The lowest BCUT2D eigenvalue weighted by Gasteiger charge is -2.37. The third kappa shape index (κ3) is 4.07. The minimum atomic E-state index is -1.40. The zero-order valence-electron chi connectivity index (χ0n) is 21.5. The van der Waals surface area contributed by atoms with Gasteiger partial charge in [0, 0.05) is 18.7 Å². The number of ether oxygens (including phenoxy) is 1. The number of carbonyl (C=O) groups is 3. The van der Waals surface area contributed by atoms with Gasteiger partial charge >= 0.3 is 5.97 Å². The van der Waals surface area contributed by atoms with E-state index < -0.39 is 46.2 Å². The van der Waals surface area contributed by atoms with E-state index in [4.69, 9.17) is 16.3 Å². The Balaban J connectivity index is 1.93. The molecule has 1 atom stereocenters. The van der Waals surface area contributed by atoms with Crippen LogP contribution in [0, 0.1) is 11.2 Å². The second kappa shape index (κ2) is 8.86. The van der Waals surface area contributed by atoms with Crippen LogP contribution in [0.2, 0.25) is 5.02 Å². The summed E-state index contributed by atoms with van der Waals surface area (Å²) in [5, 5.41) is 10.1. The summed E-state index contributed by atoms with van der Waals surface area (Å²) in [5.41, 5.74) is -2.02. The number of aliphatic carboxylic acids is 1. The van der Waals surface area contributed by atoms with Gasteiger partial charge in [-0.2, -0.15) is 0 Å². The van der Waals surface area contributed by atoms with Crippen molar-refractivity contribution in [2.45, 2.75) is 59.2 Å². The van der Waals surface area contributed by atoms with Gasteiger partial charge in [0.25, 0.3) is 17.4 Å². The first kappa shape index (κ1) is 26.7. The number of aromatic nitrogens is 1. The average Bonchev–Trinajstić information content (AvgIpc) is 2.99. The smallest absolute Gasteiger partial charge is 0.327 e. The molecule has 11 heteroatoms. The van der Waals surface area contributed by atoms with Crippen molar-refractivity contribution in [3.8, 4) is 5.75 Å². The molecule has 2 aromatic rings. The van der Waals surface area contributed by atoms with Crippen molar-refractivity contribution in [3.63, 3.8) is 0 Å². The standard InChI is InChI=1S/C26H29ClFN3O6/c1-25(2,3)19(23(34)35)30-20-14-9-10-29(12-13-7-8-16(28)15(27)11-13)21(32)17(14)18(37-6)22(33)31(20)26(4,5)24(30)36/h7-8,11,19H,9-10,12H2,1-6H3,(H,34,35). The van der Waals surface area contributed by atoms with E-state index in [2.05, 4.69) is 0 Å². The van der Waals surface area contributed by atoms with Crippen molar-refractivity contribution < 1.29 is 28.6 Å². The second-order valence-corrected chi connectivity index (χ2v) is 11.3. The Morgan fingerprint density at radius 2 is 1.89 bits per heavy atom. The topological polar surface area (TPSA) is 109 Å². The summed E-state index contributed by atoms with van der Waals surface area (Å²) >= 11 is 5.90. The lowest BCUT2D eigenvalue weighted by Crippen LogP contribution is -2.53. The maximum Gasteiger partial charge on any atom is 0.327 e. The van der Waals surface area contributed by atoms with Crippen LogP contribution in [0.15, 0.2) is 23.0 Å². The number of hydrogen-bond acceptors (Lipinski definition) is 5. The number of halogens is 2. The van der Waals surface area contributed by atoms with E-state index in [0.717, 1.165) is 4.90 Å². The maximum absolute atomic E-state index is 13.7. The highest BCUT2D eigenvalue weighted by Gasteiger charge is 2.54. The average molecular weight is 534 g/mol. The first-order chi connectivity index (χ1) is 17.1. The zero-order chi connectivity index (χ0) is 27.6. The van der Waals surface area contributed by atoms with Gasteiger partial charge in [-0.15, -0.1) is 0 Å². The van der Waals surface area contributed by atoms with Gasteiger partial charge in [0.05, 0.1) is 17.7 Å². The molecule has 0 spiro atoms. The van der Waals surface area contributed by atoms with Crippen molar-refractivity contribution in [2.75, 3.05) is 18.6 Å². The number of methoxy groups -OCH3 is 1. The predicted octanol–water partition coefficient (Wildman–Crippen LogP) is 3.43. The fraction of sp³-hybridized carbons (Fsp3) is 0.462. The molecule has 0 fully saturated rings. The van der Waals surface area contributed by atoms with Crippen molar-refractivity contribution in [2.24, 2.45) is 5.41 Å². The molecule has 198 valence electrons. The van der Waals surface area contributed by atoms with Crippen LogP contribution in [0.5, 0.6) is 5.75 Å². The van der Waals surface area contributed by atoms with Crippen molar-refractivity contribution in [1.29, 1.82) is 0 Å². The molecule has 37 heavy (non-hydrogen) atoms. The monoisotopic (exact) mass is 533 g/mol. The molecule has 1 N–H and O–H groups in total. The SMILES string of the molecule is COc1c2c(c3n(c1=O)C(C)(C)C(=O)N3C(C(=O)O)C(C)(C)C)CCN(Cc1ccc(F)c(Cl)c1)C2=O. The largest absolute Gasteiger partial charge is 0.490 e. The maximum atomic E-state index is 13.7. The van der Waals surface area contributed by atoms with Gasteiger partial charge in [-0.1, -0.05) is 38.4 Å². The van der Waals surface area contributed by atoms with Crippen molar-refractivity contribution in [3.05, 3.63) is 56.1 Å². The molecular weight excluding hydrogens is 505 g/mol. The molecular formula is C26H29ClFN3O6. The lowest BCUT2D eigenvalue weighted by molar-refractivity contribution is -0.143. The van der Waals surface area contributed by atoms with Crippen LogP contribution in [0.3, 0.4) is 0 Å². The molecule has 0 bridgehead atoms. The molecule has 0 radical (unpaired) electrons. The van der Waals surface area contributed by atoms with Gasteiger partial charge in [0.2, 0.25) is 0 Å². The summed E-state index contributed by atoms with van der Waals surface area (Å²) in [6, 6.07) is 2.87. The molecule has 2 aliphatic heterocycles. The number of amides is 2. The number of carbonyl (C=O) groups excluding carboxylic acids is 2. The van der Waals surface area contributed by atoms with E-state index in [0.29, 0.717) is 11.1 Å². The number of anilines is 1. The first-order valence-corrected chi connectivity index (χ1v) is 12.2. The number of benzene rings is 1. The predicted molar refractivity (Wildman–Crippen MR) is 135 cm³/mol. The summed E-state index contributed by atoms with van der Waals surface area (Å²) in [7, 11) is 1.27. The number of rotatable bonds is 5. The van der Waals surface area contributed by atoms with E-state index >= 15 is 0 Å². The molecule has 0 saturated carbocycles. The van der Waals surface area contributed by atoms with Crippen LogP contribution in [0.1, 0.15) is 56.1 Å². The molecule has 2 aliphatic rings. The normalized spacial score (nSPS) is 17.5. The minimum absolute atomic E-state index is 0.00763. The number of nitrogens with zero attached hydrogens (tertiary/aromatic N) is 3. The van der Waals surface area contributed by atoms with Gasteiger partial charge < -0.3 is 14.7 Å². The Labute approximate surface area is 218 Å². The second-order valence-electron chi connectivity index (χ2n) is 10.9. The Bertz CT molecular complexity index is 1390. The van der Waals surface area contributed by atoms with Crippen LogP contribution in [-0.2, 0) is 28.1 Å². The van der Waals surface area contributed by atoms with E-state index in [1.807, 2.05) is 0 Å². The lowest BCUT2D eigenvalue weighted by atomic mass is 9.84. The summed E-state index contributed by atoms with van der Waals surface area (Å²) in [5.74, 6) is -2.98. The van der Waals surface area contributed by atoms with Gasteiger partial charge in [0.1, 0.15) is 23.2 Å². The van der Waals surface area contributed by atoms with Crippen LogP contribution in [0.25, 0.3) is 0 Å². The Morgan fingerprint density at radius 3 is 2.43 bits per heavy atom. The number of hydrogen-bond donors (Lipinski definition) is 1. The molecule has 4 rings (SSSR count). The van der Waals surface area contributed by atoms with Crippen LogP contribution in [-0.4, -0.2) is 52.1 Å². The molecule has 3 heterocycles. The highest BCUT2D eigenvalue weighted by atomic mass is 35.5. The third-order valence-corrected chi connectivity index (χ3v) is 7.23. The molecule has 9 nitrogen and oxygen atoms in total. The molecule has 0 aliphatic carbocycles. The minimum Gasteiger partial charge on any atom is -0.490 e. The molecule has 1 unspecified atom stereocenters. The van der Waals surface area contributed by atoms with Gasteiger partial charge in [-0.3, -0.25) is 23.9 Å². The van der Waals surface area contributed by atoms with E-state index in [-0.39, 0.29) is 41.7 Å². The van der Waals surface area contributed by atoms with Gasteiger partial charge in [0.15, 0.2) is 5.75 Å². The third-order valence-electron chi connectivity index (χ3n) is 6.94. The van der Waals surface area contributed by atoms with Gasteiger partial charge in [-0.25, -0.2) is 9.18 Å². The fourth-order valence-electron chi connectivity index (χ4n) is 5.22. The summed E-state index contributed by atoms with van der Waals surface area (Å²) in [6.07, 6.45) is 0.234. The van der Waals surface area contributed by atoms with E-state index in [1.165, 1.54) is 34.8 Å². The van der Waals surface area contributed by atoms with Crippen molar-refractivity contribution >= 4 is 35.2 Å². The summed E-state index contributed by atoms with van der Waals surface area (Å²) in [4.78, 5) is 56.2. The number of carboxylic acids is 1. The summed E-state index contributed by atoms with van der Waals surface area (Å²) in [6.45, 7) is 8.50. The van der Waals surface area contributed by atoms with E-state index in [1.54, 1.807) is 34.6 Å². The fourth-order valence-corrected chi connectivity index (χ4v) is 5.43.